The third-order valence-electron chi connectivity index (χ3n) is 2.96. The molecule has 3 heteroatoms. The first-order valence-electron chi connectivity index (χ1n) is 5.58. The summed E-state index contributed by atoms with van der Waals surface area (Å²) < 4.78 is 22.7. The minimum absolute atomic E-state index is 0.268. The summed E-state index contributed by atoms with van der Waals surface area (Å²) in [6.45, 7) is 6.01. The van der Waals surface area contributed by atoms with Crippen LogP contribution in [0, 0.1) is 17.8 Å². The molecule has 92 valence electrons. The molecule has 0 fully saturated rings. The summed E-state index contributed by atoms with van der Waals surface area (Å²) in [6.07, 6.45) is 1.22. The molecule has 0 spiro atoms. The van der Waals surface area contributed by atoms with Crippen LogP contribution in [0.4, 0.5) is 0 Å². The number of hydrogen-bond donors (Lipinski definition) is 0. The van der Waals surface area contributed by atoms with Crippen molar-refractivity contribution in [1.82, 2.24) is 0 Å². The van der Waals surface area contributed by atoms with Crippen LogP contribution in [0.5, 0.6) is 0 Å². The van der Waals surface area contributed by atoms with Crippen LogP contribution in [0.3, 0.4) is 0 Å². The van der Waals surface area contributed by atoms with Gasteiger partial charge in [-0.05, 0) is 30.5 Å². The molecule has 17 heavy (non-hydrogen) atoms. The van der Waals surface area contributed by atoms with Gasteiger partial charge in [0.15, 0.2) is 9.84 Å². The van der Waals surface area contributed by atoms with Crippen LogP contribution >= 0.6 is 0 Å². The largest absolute Gasteiger partial charge is 0.224 e. The van der Waals surface area contributed by atoms with Crippen LogP contribution in [0.25, 0.3) is 0 Å². The second-order valence-electron chi connectivity index (χ2n) is 4.31. The van der Waals surface area contributed by atoms with Crippen molar-refractivity contribution in [1.29, 1.82) is 0 Å². The van der Waals surface area contributed by atoms with Crippen molar-refractivity contribution < 1.29 is 8.42 Å². The molecule has 2 nitrogen and oxygen atoms in total. The molecule has 0 amide bonds. The van der Waals surface area contributed by atoms with Crippen LogP contribution in [0.2, 0.25) is 0 Å². The molecule has 2 unspecified atom stereocenters. The molecule has 0 aliphatic carbocycles. The van der Waals surface area contributed by atoms with E-state index in [0.717, 1.165) is 5.56 Å². The Morgan fingerprint density at radius 3 is 2.06 bits per heavy atom. The highest BCUT2D eigenvalue weighted by Gasteiger charge is 2.13. The Bertz CT molecular complexity index is 530. The molecule has 0 bridgehead atoms. The van der Waals surface area contributed by atoms with Crippen molar-refractivity contribution in [3.8, 4) is 11.8 Å². The summed E-state index contributed by atoms with van der Waals surface area (Å²) in [5, 5.41) is 0. The highest BCUT2D eigenvalue weighted by molar-refractivity contribution is 7.90. The average Bonchev–Trinajstić information content (AvgIpc) is 2.27. The minimum atomic E-state index is -3.10. The molecule has 2 atom stereocenters. The Balaban J connectivity index is 2.98. The molecule has 0 saturated carbocycles. The lowest BCUT2D eigenvalue weighted by atomic mass is 9.89. The van der Waals surface area contributed by atoms with Crippen molar-refractivity contribution in [2.75, 3.05) is 6.26 Å². The van der Waals surface area contributed by atoms with Crippen molar-refractivity contribution in [2.24, 2.45) is 5.92 Å². The average molecular weight is 250 g/mol. The maximum Gasteiger partial charge on any atom is 0.175 e. The van der Waals surface area contributed by atoms with E-state index in [9.17, 15) is 8.42 Å². The molecule has 0 N–H and O–H groups in total. The monoisotopic (exact) mass is 250 g/mol. The standard InChI is InChI=1S/C14H18O2S/c1-5-6-11(2)12(3)13-7-9-14(10-8-13)17(4,15)16/h7-12H,1-4H3. The maximum absolute atomic E-state index is 11.3. The SMILES string of the molecule is CC#CC(C)C(C)c1ccc(S(C)(=O)=O)cc1. The molecule has 0 radical (unpaired) electrons. The fourth-order valence-electron chi connectivity index (χ4n) is 1.66. The van der Waals surface area contributed by atoms with Crippen LogP contribution in [0.1, 0.15) is 32.3 Å². The molecular formula is C14H18O2S. The molecule has 0 heterocycles. The molecule has 0 aliphatic rings. The van der Waals surface area contributed by atoms with E-state index in [2.05, 4.69) is 25.7 Å². The van der Waals surface area contributed by atoms with Gasteiger partial charge in [0.05, 0.1) is 4.90 Å². The zero-order valence-corrected chi connectivity index (χ0v) is 11.5. The van der Waals surface area contributed by atoms with Crippen LogP contribution in [-0.2, 0) is 9.84 Å². The number of hydrogen-bond acceptors (Lipinski definition) is 2. The number of sulfone groups is 1. The molecular weight excluding hydrogens is 232 g/mol. The maximum atomic E-state index is 11.3. The van der Waals surface area contributed by atoms with E-state index in [1.165, 1.54) is 6.26 Å². The first kappa shape index (κ1) is 13.8. The Hall–Kier alpha value is -1.27. The van der Waals surface area contributed by atoms with Gasteiger partial charge in [-0.3, -0.25) is 0 Å². The summed E-state index contributed by atoms with van der Waals surface area (Å²) in [7, 11) is -3.10. The van der Waals surface area contributed by atoms with E-state index in [1.807, 2.05) is 19.1 Å². The van der Waals surface area contributed by atoms with Crippen molar-refractivity contribution >= 4 is 9.84 Å². The predicted octanol–water partition coefficient (Wildman–Crippen LogP) is 2.85. The number of rotatable bonds is 3. The van der Waals surface area contributed by atoms with E-state index in [-0.39, 0.29) is 5.92 Å². The molecule has 0 aromatic heterocycles. The highest BCUT2D eigenvalue weighted by atomic mass is 32.2. The van der Waals surface area contributed by atoms with Gasteiger partial charge in [-0.1, -0.05) is 31.9 Å². The van der Waals surface area contributed by atoms with Gasteiger partial charge in [-0.25, -0.2) is 8.42 Å². The van der Waals surface area contributed by atoms with Crippen LogP contribution < -0.4 is 0 Å². The molecule has 1 aromatic carbocycles. The van der Waals surface area contributed by atoms with Gasteiger partial charge in [0.1, 0.15) is 0 Å². The second-order valence-corrected chi connectivity index (χ2v) is 6.33. The third kappa shape index (κ3) is 3.61. The van der Waals surface area contributed by atoms with E-state index in [4.69, 9.17) is 0 Å². The molecule has 0 saturated heterocycles. The Morgan fingerprint density at radius 1 is 1.12 bits per heavy atom. The molecule has 1 aromatic rings. The summed E-state index contributed by atoms with van der Waals surface area (Å²) in [5.41, 5.74) is 1.12. The highest BCUT2D eigenvalue weighted by Crippen LogP contribution is 2.24. The first-order chi connectivity index (χ1) is 7.86. The zero-order valence-electron chi connectivity index (χ0n) is 10.7. The van der Waals surface area contributed by atoms with E-state index in [0.29, 0.717) is 10.8 Å². The molecule has 1 rings (SSSR count). The fraction of sp³-hybridized carbons (Fsp3) is 0.429. The van der Waals surface area contributed by atoms with Crippen molar-refractivity contribution in [2.45, 2.75) is 31.6 Å². The van der Waals surface area contributed by atoms with E-state index in [1.54, 1.807) is 12.1 Å². The Labute approximate surface area is 104 Å². The van der Waals surface area contributed by atoms with Gasteiger partial charge in [0.25, 0.3) is 0 Å². The Kier molecular flexibility index (Phi) is 4.36. The smallest absolute Gasteiger partial charge is 0.175 e. The normalized spacial score (nSPS) is 14.6. The van der Waals surface area contributed by atoms with E-state index < -0.39 is 9.84 Å². The quantitative estimate of drug-likeness (QED) is 0.773. The third-order valence-corrected chi connectivity index (χ3v) is 4.08. The summed E-state index contributed by atoms with van der Waals surface area (Å²) in [5.74, 6) is 6.60. The lowest BCUT2D eigenvalue weighted by Gasteiger charge is -2.15. The fourth-order valence-corrected chi connectivity index (χ4v) is 2.29. The van der Waals surface area contributed by atoms with E-state index >= 15 is 0 Å². The van der Waals surface area contributed by atoms with Gasteiger partial charge in [0.2, 0.25) is 0 Å². The topological polar surface area (TPSA) is 34.1 Å². The Morgan fingerprint density at radius 2 is 1.65 bits per heavy atom. The van der Waals surface area contributed by atoms with Crippen molar-refractivity contribution in [3.63, 3.8) is 0 Å². The van der Waals surface area contributed by atoms with Crippen molar-refractivity contribution in [3.05, 3.63) is 29.8 Å². The number of benzene rings is 1. The summed E-state index contributed by atoms with van der Waals surface area (Å²) in [6, 6.07) is 7.06. The minimum Gasteiger partial charge on any atom is -0.224 e. The van der Waals surface area contributed by atoms with Crippen LogP contribution in [0.15, 0.2) is 29.2 Å². The zero-order chi connectivity index (χ0) is 13.1. The van der Waals surface area contributed by atoms with Gasteiger partial charge in [-0.2, -0.15) is 0 Å². The first-order valence-corrected chi connectivity index (χ1v) is 7.47. The van der Waals surface area contributed by atoms with Gasteiger partial charge in [-0.15, -0.1) is 5.92 Å². The summed E-state index contributed by atoms with van der Waals surface area (Å²) in [4.78, 5) is 0.364. The van der Waals surface area contributed by atoms with Crippen LogP contribution in [-0.4, -0.2) is 14.7 Å². The lowest BCUT2D eigenvalue weighted by Crippen LogP contribution is -2.04. The van der Waals surface area contributed by atoms with Gasteiger partial charge in [0, 0.05) is 12.2 Å². The van der Waals surface area contributed by atoms with Gasteiger partial charge < -0.3 is 0 Å². The van der Waals surface area contributed by atoms with Gasteiger partial charge >= 0.3 is 0 Å². The second kappa shape index (κ2) is 5.37. The summed E-state index contributed by atoms with van der Waals surface area (Å²) >= 11 is 0. The predicted molar refractivity (Wildman–Crippen MR) is 70.6 cm³/mol. The molecule has 0 aliphatic heterocycles. The lowest BCUT2D eigenvalue weighted by molar-refractivity contribution is 0.600.